The van der Waals surface area contributed by atoms with Crippen LogP contribution in [0.2, 0.25) is 0 Å². The van der Waals surface area contributed by atoms with E-state index in [1.165, 1.54) is 23.9 Å². The number of carbonyl (C=O) groups is 1. The van der Waals surface area contributed by atoms with Gasteiger partial charge in [-0.1, -0.05) is 6.07 Å². The van der Waals surface area contributed by atoms with E-state index in [4.69, 9.17) is 5.11 Å². The third-order valence-corrected chi connectivity index (χ3v) is 3.26. The molecule has 0 saturated heterocycles. The van der Waals surface area contributed by atoms with Gasteiger partial charge in [0, 0.05) is 11.1 Å². The van der Waals surface area contributed by atoms with E-state index in [-0.39, 0.29) is 5.82 Å². The van der Waals surface area contributed by atoms with Crippen LogP contribution in [0.15, 0.2) is 40.2 Å². The van der Waals surface area contributed by atoms with Crippen molar-refractivity contribution in [2.45, 2.75) is 10.6 Å². The highest BCUT2D eigenvalue weighted by atomic mass is 32.2. The van der Waals surface area contributed by atoms with Gasteiger partial charge in [0.1, 0.15) is 17.2 Å². The highest BCUT2D eigenvalue weighted by Gasteiger charge is 2.09. The van der Waals surface area contributed by atoms with Crippen LogP contribution >= 0.6 is 11.8 Å². The number of hydrogen-bond donors (Lipinski definition) is 2. The van der Waals surface area contributed by atoms with E-state index in [0.29, 0.717) is 16.5 Å². The number of halogens is 1. The van der Waals surface area contributed by atoms with Gasteiger partial charge in [0.05, 0.1) is 5.75 Å². The average molecular weight is 280 g/mol. The Morgan fingerprint density at radius 3 is 2.89 bits per heavy atom. The van der Waals surface area contributed by atoms with Crippen molar-refractivity contribution in [1.29, 1.82) is 0 Å². The van der Waals surface area contributed by atoms with Gasteiger partial charge >= 0.3 is 5.97 Å². The van der Waals surface area contributed by atoms with Crippen LogP contribution in [0.5, 0.6) is 0 Å². The molecule has 0 amide bonds. The summed E-state index contributed by atoms with van der Waals surface area (Å²) in [7, 11) is 0. The number of rotatable bonds is 4. The van der Waals surface area contributed by atoms with Crippen molar-refractivity contribution in [1.82, 2.24) is 9.97 Å². The van der Waals surface area contributed by atoms with Gasteiger partial charge in [-0.3, -0.25) is 4.79 Å². The minimum atomic E-state index is -1.32. The van der Waals surface area contributed by atoms with E-state index >= 15 is 0 Å². The van der Waals surface area contributed by atoms with Gasteiger partial charge in [-0.2, -0.15) is 0 Å². The SMILES string of the molecule is O=C(O)c1cnc(CSc2cccc(F)c2)[nH]c1=O. The number of thioether (sulfide) groups is 1. The summed E-state index contributed by atoms with van der Waals surface area (Å²) in [6.45, 7) is 0. The maximum Gasteiger partial charge on any atom is 0.342 e. The van der Waals surface area contributed by atoms with Crippen molar-refractivity contribution in [3.8, 4) is 0 Å². The van der Waals surface area contributed by atoms with E-state index in [9.17, 15) is 14.0 Å². The number of nitrogens with one attached hydrogen (secondary N) is 1. The molecule has 0 spiro atoms. The predicted octanol–water partition coefficient (Wildman–Crippen LogP) is 1.90. The summed E-state index contributed by atoms with van der Waals surface area (Å²) in [6, 6.07) is 6.03. The number of carboxylic acid groups (broad SMARTS) is 1. The first-order valence-corrected chi connectivity index (χ1v) is 6.24. The molecular weight excluding hydrogens is 271 g/mol. The molecule has 0 aliphatic carbocycles. The van der Waals surface area contributed by atoms with Crippen molar-refractivity contribution in [3.05, 3.63) is 58.0 Å². The first kappa shape index (κ1) is 13.3. The standard InChI is InChI=1S/C12H9FN2O3S/c13-7-2-1-3-8(4-7)19-6-10-14-5-9(12(17)18)11(16)15-10/h1-5H,6H2,(H,17,18)(H,14,15,16). The molecule has 0 aliphatic heterocycles. The normalized spacial score (nSPS) is 10.4. The summed E-state index contributed by atoms with van der Waals surface area (Å²) in [4.78, 5) is 29.0. The molecule has 1 aromatic carbocycles. The minimum absolute atomic E-state index is 0.318. The molecule has 0 aliphatic rings. The zero-order chi connectivity index (χ0) is 13.8. The van der Waals surface area contributed by atoms with Gasteiger partial charge in [-0.15, -0.1) is 11.8 Å². The lowest BCUT2D eigenvalue weighted by atomic mass is 10.3. The molecular formula is C12H9FN2O3S. The number of aromatic carboxylic acids is 1. The van der Waals surface area contributed by atoms with Gasteiger partial charge in [0.15, 0.2) is 0 Å². The molecule has 0 unspecified atom stereocenters. The third-order valence-electron chi connectivity index (χ3n) is 2.25. The van der Waals surface area contributed by atoms with E-state index in [0.717, 1.165) is 6.20 Å². The summed E-state index contributed by atoms with van der Waals surface area (Å²) in [6.07, 6.45) is 1.02. The van der Waals surface area contributed by atoms with Gasteiger partial charge < -0.3 is 10.1 Å². The number of aromatic amines is 1. The molecule has 0 atom stereocenters. The second-order valence-electron chi connectivity index (χ2n) is 3.62. The Morgan fingerprint density at radius 1 is 1.47 bits per heavy atom. The fourth-order valence-electron chi connectivity index (χ4n) is 1.37. The number of nitrogens with zero attached hydrogens (tertiary/aromatic N) is 1. The second kappa shape index (κ2) is 5.66. The lowest BCUT2D eigenvalue weighted by Gasteiger charge is -2.02. The smallest absolute Gasteiger partial charge is 0.342 e. The van der Waals surface area contributed by atoms with Crippen LogP contribution in [-0.2, 0) is 5.75 Å². The Balaban J connectivity index is 2.10. The number of hydrogen-bond acceptors (Lipinski definition) is 4. The molecule has 2 aromatic rings. The Morgan fingerprint density at radius 2 is 2.26 bits per heavy atom. The molecule has 0 fully saturated rings. The monoisotopic (exact) mass is 280 g/mol. The van der Waals surface area contributed by atoms with Crippen LogP contribution < -0.4 is 5.56 Å². The van der Waals surface area contributed by atoms with E-state index in [1.807, 2.05) is 0 Å². The maximum atomic E-state index is 12.9. The highest BCUT2D eigenvalue weighted by Crippen LogP contribution is 2.21. The molecule has 7 heteroatoms. The molecule has 2 N–H and O–H groups in total. The number of carboxylic acids is 1. The fraction of sp³-hybridized carbons (Fsp3) is 0.0833. The lowest BCUT2D eigenvalue weighted by molar-refractivity contribution is 0.0694. The Bertz CT molecular complexity index is 672. The van der Waals surface area contributed by atoms with E-state index in [1.54, 1.807) is 12.1 Å². The van der Waals surface area contributed by atoms with Crippen molar-refractivity contribution in [2.24, 2.45) is 0 Å². The topological polar surface area (TPSA) is 83.0 Å². The molecule has 0 bridgehead atoms. The second-order valence-corrected chi connectivity index (χ2v) is 4.67. The maximum absolute atomic E-state index is 12.9. The van der Waals surface area contributed by atoms with Gasteiger partial charge in [-0.25, -0.2) is 14.2 Å². The van der Waals surface area contributed by atoms with E-state index < -0.39 is 17.1 Å². The summed E-state index contributed by atoms with van der Waals surface area (Å²) >= 11 is 1.29. The predicted molar refractivity (Wildman–Crippen MR) is 67.8 cm³/mol. The van der Waals surface area contributed by atoms with Gasteiger partial charge in [0.25, 0.3) is 5.56 Å². The molecule has 98 valence electrons. The zero-order valence-electron chi connectivity index (χ0n) is 9.59. The van der Waals surface area contributed by atoms with Crippen LogP contribution in [0.4, 0.5) is 4.39 Å². The summed E-state index contributed by atoms with van der Waals surface area (Å²) in [5.74, 6) is -1.01. The van der Waals surface area contributed by atoms with Crippen molar-refractivity contribution < 1.29 is 14.3 Å². The largest absolute Gasteiger partial charge is 0.477 e. The van der Waals surface area contributed by atoms with Crippen LogP contribution in [0, 0.1) is 5.82 Å². The van der Waals surface area contributed by atoms with Crippen molar-refractivity contribution in [3.63, 3.8) is 0 Å². The first-order valence-electron chi connectivity index (χ1n) is 5.26. The van der Waals surface area contributed by atoms with E-state index in [2.05, 4.69) is 9.97 Å². The minimum Gasteiger partial charge on any atom is -0.477 e. The highest BCUT2D eigenvalue weighted by molar-refractivity contribution is 7.98. The van der Waals surface area contributed by atoms with Gasteiger partial charge in [0.2, 0.25) is 0 Å². The summed E-state index contributed by atoms with van der Waals surface area (Å²) in [5, 5.41) is 8.69. The molecule has 5 nitrogen and oxygen atoms in total. The Labute approximate surface area is 111 Å². The summed E-state index contributed by atoms with van der Waals surface area (Å²) in [5.41, 5.74) is -1.10. The van der Waals surface area contributed by atoms with Crippen LogP contribution in [0.1, 0.15) is 16.2 Å². The third kappa shape index (κ3) is 3.41. The average Bonchev–Trinajstić information content (AvgIpc) is 2.36. The lowest BCUT2D eigenvalue weighted by Crippen LogP contribution is -2.19. The van der Waals surface area contributed by atoms with Crippen LogP contribution in [0.25, 0.3) is 0 Å². The van der Waals surface area contributed by atoms with Crippen LogP contribution in [-0.4, -0.2) is 21.0 Å². The molecule has 0 saturated carbocycles. The molecule has 2 rings (SSSR count). The fourth-order valence-corrected chi connectivity index (χ4v) is 2.19. The Hall–Kier alpha value is -2.15. The Kier molecular flexibility index (Phi) is 3.96. The summed E-state index contributed by atoms with van der Waals surface area (Å²) < 4.78 is 12.9. The number of H-pyrrole nitrogens is 1. The number of benzene rings is 1. The van der Waals surface area contributed by atoms with Crippen LogP contribution in [0.3, 0.4) is 0 Å². The van der Waals surface area contributed by atoms with Crippen molar-refractivity contribution in [2.75, 3.05) is 0 Å². The molecule has 1 heterocycles. The zero-order valence-corrected chi connectivity index (χ0v) is 10.4. The van der Waals surface area contributed by atoms with Gasteiger partial charge in [-0.05, 0) is 18.2 Å². The molecule has 0 radical (unpaired) electrons. The quantitative estimate of drug-likeness (QED) is 0.836. The first-order chi connectivity index (χ1) is 9.06. The molecule has 1 aromatic heterocycles. The molecule has 19 heavy (non-hydrogen) atoms. The number of aromatic nitrogens is 2. The van der Waals surface area contributed by atoms with Crippen molar-refractivity contribution >= 4 is 17.7 Å².